The first-order valence-electron chi connectivity index (χ1n) is 8.37. The molecule has 0 aliphatic carbocycles. The van der Waals surface area contributed by atoms with Gasteiger partial charge in [0.2, 0.25) is 5.91 Å². The molecule has 8 heteroatoms. The maximum atomic E-state index is 11.2. The predicted molar refractivity (Wildman–Crippen MR) is 95.7 cm³/mol. The monoisotopic (exact) mass is 354 g/mol. The van der Waals surface area contributed by atoms with Gasteiger partial charge < -0.3 is 10.5 Å². The Morgan fingerprint density at radius 3 is 2.69 bits per heavy atom. The number of hydrogen-bond donors (Lipinski definition) is 1. The summed E-state index contributed by atoms with van der Waals surface area (Å²) in [7, 11) is 1.64. The van der Waals surface area contributed by atoms with Crippen LogP contribution in [-0.4, -0.2) is 37.6 Å². The molecule has 0 bridgehead atoms. The Hall–Kier alpha value is -3.16. The number of primary amides is 1. The van der Waals surface area contributed by atoms with E-state index in [4.69, 9.17) is 10.5 Å². The molecule has 1 atom stereocenters. The minimum absolute atomic E-state index is 0.0249. The molecule has 3 rings (SSSR count). The third-order valence-corrected chi connectivity index (χ3v) is 4.03. The SMILES string of the molecule is COc1ccc(Cn2nc(CC(N)=O)nc2[C@H](C)Cn2cccn2)cc1. The topological polar surface area (TPSA) is 101 Å². The molecule has 8 nitrogen and oxygen atoms in total. The van der Waals surface area contributed by atoms with Gasteiger partial charge >= 0.3 is 0 Å². The highest BCUT2D eigenvalue weighted by Crippen LogP contribution is 2.18. The maximum Gasteiger partial charge on any atom is 0.225 e. The summed E-state index contributed by atoms with van der Waals surface area (Å²) in [6.45, 7) is 3.28. The van der Waals surface area contributed by atoms with Crippen molar-refractivity contribution in [1.29, 1.82) is 0 Å². The van der Waals surface area contributed by atoms with Crippen molar-refractivity contribution in [1.82, 2.24) is 24.5 Å². The van der Waals surface area contributed by atoms with Gasteiger partial charge in [0.05, 0.1) is 26.6 Å². The van der Waals surface area contributed by atoms with Gasteiger partial charge in [-0.2, -0.15) is 10.2 Å². The highest BCUT2D eigenvalue weighted by atomic mass is 16.5. The van der Waals surface area contributed by atoms with E-state index in [2.05, 4.69) is 22.1 Å². The molecule has 136 valence electrons. The van der Waals surface area contributed by atoms with Gasteiger partial charge in [-0.3, -0.25) is 9.48 Å². The standard InChI is InChI=1S/C18H22N6O2/c1-13(11-23-9-3-8-20-23)18-21-17(10-16(19)25)22-24(18)12-14-4-6-15(26-2)7-5-14/h3-9,13H,10-12H2,1-2H3,(H2,19,25)/t13-/m1/s1. The zero-order valence-electron chi connectivity index (χ0n) is 14.9. The molecule has 1 amide bonds. The van der Waals surface area contributed by atoms with Crippen LogP contribution in [0.1, 0.15) is 30.1 Å². The highest BCUT2D eigenvalue weighted by Gasteiger charge is 2.18. The molecule has 2 aromatic heterocycles. The summed E-state index contributed by atoms with van der Waals surface area (Å²) in [6.07, 6.45) is 3.68. The number of nitrogens with zero attached hydrogens (tertiary/aromatic N) is 5. The first-order valence-corrected chi connectivity index (χ1v) is 8.37. The average molecular weight is 354 g/mol. The molecule has 0 unspecified atom stereocenters. The first-order chi connectivity index (χ1) is 12.5. The first kappa shape index (κ1) is 17.7. The maximum absolute atomic E-state index is 11.2. The molecule has 0 radical (unpaired) electrons. The van der Waals surface area contributed by atoms with E-state index in [9.17, 15) is 4.79 Å². The van der Waals surface area contributed by atoms with E-state index in [0.29, 0.717) is 18.9 Å². The molecule has 0 aliphatic rings. The number of rotatable bonds is 8. The highest BCUT2D eigenvalue weighted by molar-refractivity contribution is 5.75. The summed E-state index contributed by atoms with van der Waals surface area (Å²) in [5.41, 5.74) is 6.36. The quantitative estimate of drug-likeness (QED) is 0.658. The Balaban J connectivity index is 1.85. The molecule has 3 aromatic rings. The molecule has 0 saturated carbocycles. The van der Waals surface area contributed by atoms with Gasteiger partial charge in [-0.15, -0.1) is 0 Å². The van der Waals surface area contributed by atoms with E-state index in [1.54, 1.807) is 13.3 Å². The summed E-state index contributed by atoms with van der Waals surface area (Å²) in [5, 5.41) is 8.72. The molecule has 0 spiro atoms. The smallest absolute Gasteiger partial charge is 0.225 e. The lowest BCUT2D eigenvalue weighted by atomic mass is 10.1. The summed E-state index contributed by atoms with van der Waals surface area (Å²) < 4.78 is 8.87. The number of aromatic nitrogens is 5. The summed E-state index contributed by atoms with van der Waals surface area (Å²) in [5.74, 6) is 1.66. The van der Waals surface area contributed by atoms with Crippen LogP contribution in [0.3, 0.4) is 0 Å². The van der Waals surface area contributed by atoms with Crippen molar-refractivity contribution < 1.29 is 9.53 Å². The van der Waals surface area contributed by atoms with Crippen LogP contribution in [-0.2, 0) is 24.3 Å². The minimum atomic E-state index is -0.446. The number of hydrogen-bond acceptors (Lipinski definition) is 5. The van der Waals surface area contributed by atoms with Crippen LogP contribution in [0.25, 0.3) is 0 Å². The fourth-order valence-electron chi connectivity index (χ4n) is 2.79. The molecule has 2 N–H and O–H groups in total. The lowest BCUT2D eigenvalue weighted by molar-refractivity contribution is -0.117. The van der Waals surface area contributed by atoms with Crippen LogP contribution >= 0.6 is 0 Å². The van der Waals surface area contributed by atoms with E-state index >= 15 is 0 Å². The van der Waals surface area contributed by atoms with E-state index < -0.39 is 5.91 Å². The number of carbonyl (C=O) groups is 1. The fraction of sp³-hybridized carbons (Fsp3) is 0.333. The Bertz CT molecular complexity index is 854. The molecular formula is C18H22N6O2. The summed E-state index contributed by atoms with van der Waals surface area (Å²) in [4.78, 5) is 15.8. The molecular weight excluding hydrogens is 332 g/mol. The summed E-state index contributed by atoms with van der Waals surface area (Å²) >= 11 is 0. The minimum Gasteiger partial charge on any atom is -0.497 e. The van der Waals surface area contributed by atoms with Gasteiger partial charge in [0.25, 0.3) is 0 Å². The largest absolute Gasteiger partial charge is 0.497 e. The third-order valence-electron chi connectivity index (χ3n) is 4.03. The zero-order chi connectivity index (χ0) is 18.5. The van der Waals surface area contributed by atoms with Crippen LogP contribution in [0.4, 0.5) is 0 Å². The molecule has 2 heterocycles. The molecule has 26 heavy (non-hydrogen) atoms. The van der Waals surface area contributed by atoms with E-state index in [-0.39, 0.29) is 12.3 Å². The fourth-order valence-corrected chi connectivity index (χ4v) is 2.79. The third kappa shape index (κ3) is 4.27. The van der Waals surface area contributed by atoms with Crippen LogP contribution in [0.15, 0.2) is 42.7 Å². The second-order valence-corrected chi connectivity index (χ2v) is 6.16. The van der Waals surface area contributed by atoms with Crippen molar-refractivity contribution in [2.75, 3.05) is 7.11 Å². The lowest BCUT2D eigenvalue weighted by Crippen LogP contribution is -2.15. The van der Waals surface area contributed by atoms with Crippen molar-refractivity contribution in [2.45, 2.75) is 32.4 Å². The normalized spacial score (nSPS) is 12.1. The zero-order valence-corrected chi connectivity index (χ0v) is 14.9. The number of carbonyl (C=O) groups excluding carboxylic acids is 1. The van der Waals surface area contributed by atoms with Crippen molar-refractivity contribution >= 4 is 5.91 Å². The van der Waals surface area contributed by atoms with Gasteiger partial charge in [0, 0.05) is 18.3 Å². The van der Waals surface area contributed by atoms with E-state index in [0.717, 1.165) is 17.1 Å². The number of nitrogens with two attached hydrogens (primary N) is 1. The molecule has 0 fully saturated rings. The van der Waals surface area contributed by atoms with Crippen molar-refractivity contribution in [3.05, 3.63) is 59.9 Å². The van der Waals surface area contributed by atoms with E-state index in [1.165, 1.54) is 0 Å². The van der Waals surface area contributed by atoms with Gasteiger partial charge in [0.1, 0.15) is 11.6 Å². The van der Waals surface area contributed by atoms with Crippen LogP contribution in [0, 0.1) is 0 Å². The van der Waals surface area contributed by atoms with Crippen molar-refractivity contribution in [3.8, 4) is 5.75 Å². The number of methoxy groups -OCH3 is 1. The Morgan fingerprint density at radius 2 is 2.08 bits per heavy atom. The predicted octanol–water partition coefficient (Wildman–Crippen LogP) is 1.36. The van der Waals surface area contributed by atoms with Gasteiger partial charge in [-0.05, 0) is 23.8 Å². The number of ether oxygens (including phenoxy) is 1. The van der Waals surface area contributed by atoms with Gasteiger partial charge in [-0.25, -0.2) is 9.67 Å². The van der Waals surface area contributed by atoms with Crippen molar-refractivity contribution in [2.24, 2.45) is 5.73 Å². The lowest BCUT2D eigenvalue weighted by Gasteiger charge is -2.13. The molecule has 1 aromatic carbocycles. The van der Waals surface area contributed by atoms with Crippen molar-refractivity contribution in [3.63, 3.8) is 0 Å². The second kappa shape index (κ2) is 7.81. The summed E-state index contributed by atoms with van der Waals surface area (Å²) in [6, 6.07) is 9.66. The van der Waals surface area contributed by atoms with Crippen LogP contribution in [0.5, 0.6) is 5.75 Å². The number of benzene rings is 1. The molecule has 0 saturated heterocycles. The number of amides is 1. The van der Waals surface area contributed by atoms with E-state index in [1.807, 2.05) is 45.9 Å². The van der Waals surface area contributed by atoms with Crippen LogP contribution < -0.4 is 10.5 Å². The second-order valence-electron chi connectivity index (χ2n) is 6.16. The Morgan fingerprint density at radius 1 is 1.31 bits per heavy atom. The van der Waals surface area contributed by atoms with Crippen LogP contribution in [0.2, 0.25) is 0 Å². The molecule has 0 aliphatic heterocycles. The average Bonchev–Trinajstić information content (AvgIpc) is 3.25. The Labute approximate surface area is 151 Å². The van der Waals surface area contributed by atoms with Gasteiger partial charge in [-0.1, -0.05) is 19.1 Å². The van der Waals surface area contributed by atoms with Gasteiger partial charge in [0.15, 0.2) is 5.82 Å². The Kier molecular flexibility index (Phi) is 5.31.